The smallest absolute Gasteiger partial charge is 0.329 e. The van der Waals surface area contributed by atoms with Crippen molar-refractivity contribution in [2.24, 2.45) is 0 Å². The van der Waals surface area contributed by atoms with Crippen LogP contribution in [-0.2, 0) is 6.54 Å². The van der Waals surface area contributed by atoms with Gasteiger partial charge in [-0.3, -0.25) is 9.80 Å². The first kappa shape index (κ1) is 13.6. The number of hydrogen-bond acceptors (Lipinski definition) is 3. The average Bonchev–Trinajstić information content (AvgIpc) is 2.46. The van der Waals surface area contributed by atoms with Crippen molar-refractivity contribution in [2.75, 3.05) is 22.6 Å². The first-order chi connectivity index (χ1) is 9.97. The lowest BCUT2D eigenvalue weighted by atomic mass is 10.1. The summed E-state index contributed by atoms with van der Waals surface area (Å²) in [5.41, 5.74) is 7.67. The number of rotatable bonds is 1. The van der Waals surface area contributed by atoms with Crippen LogP contribution in [0.25, 0.3) is 0 Å². The van der Waals surface area contributed by atoms with Gasteiger partial charge in [-0.1, -0.05) is 11.6 Å². The number of amides is 2. The molecule has 2 N–H and O–H groups in total. The van der Waals surface area contributed by atoms with E-state index in [9.17, 15) is 9.18 Å². The summed E-state index contributed by atoms with van der Waals surface area (Å²) in [6.45, 7) is 0.327. The van der Waals surface area contributed by atoms with Crippen LogP contribution in [-0.4, -0.2) is 18.1 Å². The van der Waals surface area contributed by atoms with Gasteiger partial charge in [0.2, 0.25) is 0 Å². The van der Waals surface area contributed by atoms with Crippen LogP contribution in [0.1, 0.15) is 5.56 Å². The number of aromatic nitrogens is 1. The van der Waals surface area contributed by atoms with Gasteiger partial charge in [-0.25, -0.2) is 14.2 Å². The van der Waals surface area contributed by atoms with Crippen molar-refractivity contribution in [3.05, 3.63) is 47.0 Å². The number of carbonyl (C=O) groups excluding carboxylic acids is 1. The van der Waals surface area contributed by atoms with Crippen LogP contribution in [0, 0.1) is 5.82 Å². The molecule has 1 aromatic carbocycles. The van der Waals surface area contributed by atoms with Gasteiger partial charge in [0.05, 0.1) is 17.9 Å². The summed E-state index contributed by atoms with van der Waals surface area (Å²) in [5, 5.41) is 0.327. The van der Waals surface area contributed by atoms with E-state index in [1.165, 1.54) is 28.0 Å². The summed E-state index contributed by atoms with van der Waals surface area (Å²) in [4.78, 5) is 19.5. The van der Waals surface area contributed by atoms with E-state index in [2.05, 4.69) is 4.98 Å². The Labute approximate surface area is 125 Å². The normalized spacial score (nSPS) is 14.3. The third-order valence-electron chi connectivity index (χ3n) is 3.43. The fourth-order valence-corrected chi connectivity index (χ4v) is 2.46. The van der Waals surface area contributed by atoms with Crippen molar-refractivity contribution >= 4 is 34.7 Å². The topological polar surface area (TPSA) is 62.5 Å². The van der Waals surface area contributed by atoms with Crippen molar-refractivity contribution < 1.29 is 9.18 Å². The summed E-state index contributed by atoms with van der Waals surface area (Å²) in [6, 6.07) is 5.61. The fourth-order valence-electron chi connectivity index (χ4n) is 2.31. The molecule has 0 saturated heterocycles. The van der Waals surface area contributed by atoms with Crippen LogP contribution >= 0.6 is 11.6 Å². The third kappa shape index (κ3) is 2.27. The number of benzene rings is 1. The molecule has 1 aliphatic rings. The van der Waals surface area contributed by atoms with Crippen LogP contribution in [0.2, 0.25) is 5.15 Å². The van der Waals surface area contributed by atoms with E-state index in [1.54, 1.807) is 19.3 Å². The minimum atomic E-state index is -0.509. The zero-order valence-electron chi connectivity index (χ0n) is 11.2. The number of hydrogen-bond donors (Lipinski definition) is 1. The fraction of sp³-hybridized carbons (Fsp3) is 0.143. The molecule has 0 aliphatic carbocycles. The molecule has 1 aromatic heterocycles. The minimum absolute atomic E-state index is 0.00276. The molecular formula is C14H12ClFN4O. The highest BCUT2D eigenvalue weighted by Gasteiger charge is 2.29. The van der Waals surface area contributed by atoms with Crippen LogP contribution in [0.5, 0.6) is 0 Å². The predicted octanol–water partition coefficient (Wildman–Crippen LogP) is 3.03. The van der Waals surface area contributed by atoms with Crippen molar-refractivity contribution in [1.82, 2.24) is 4.98 Å². The molecule has 0 bridgehead atoms. The lowest BCUT2D eigenvalue weighted by Crippen LogP contribution is -2.45. The lowest BCUT2D eigenvalue weighted by molar-refractivity contribution is 0.251. The summed E-state index contributed by atoms with van der Waals surface area (Å²) in [7, 11) is 1.65. The van der Waals surface area contributed by atoms with Gasteiger partial charge < -0.3 is 5.73 Å². The average molecular weight is 307 g/mol. The Morgan fingerprint density at radius 1 is 1.38 bits per heavy atom. The minimum Gasteiger partial charge on any atom is -0.396 e. The van der Waals surface area contributed by atoms with Crippen molar-refractivity contribution in [1.29, 1.82) is 0 Å². The first-order valence-corrected chi connectivity index (χ1v) is 6.60. The molecule has 2 amide bonds. The van der Waals surface area contributed by atoms with Crippen molar-refractivity contribution in [2.45, 2.75) is 6.54 Å². The Hall–Kier alpha value is -2.34. The van der Waals surface area contributed by atoms with E-state index >= 15 is 0 Å². The highest BCUT2D eigenvalue weighted by Crippen LogP contribution is 2.32. The first-order valence-electron chi connectivity index (χ1n) is 6.22. The zero-order chi connectivity index (χ0) is 15.1. The summed E-state index contributed by atoms with van der Waals surface area (Å²) in [5.74, 6) is -0.509. The molecule has 0 atom stereocenters. The van der Waals surface area contributed by atoms with Crippen molar-refractivity contribution in [3.63, 3.8) is 0 Å². The number of nitrogen functional groups attached to an aromatic ring is 1. The quantitative estimate of drug-likeness (QED) is 0.650. The van der Waals surface area contributed by atoms with E-state index < -0.39 is 5.82 Å². The van der Waals surface area contributed by atoms with Gasteiger partial charge in [0.15, 0.2) is 0 Å². The predicted molar refractivity (Wildman–Crippen MR) is 80.0 cm³/mol. The van der Waals surface area contributed by atoms with Gasteiger partial charge >= 0.3 is 6.03 Å². The SMILES string of the molecule is CN1C(=O)N(c2ccc(F)c(N)c2)Cc2cnc(Cl)cc21. The highest BCUT2D eigenvalue weighted by molar-refractivity contribution is 6.29. The third-order valence-corrected chi connectivity index (χ3v) is 3.63. The number of fused-ring (bicyclic) bond motifs is 1. The second-order valence-electron chi connectivity index (χ2n) is 4.77. The molecule has 3 rings (SSSR count). The molecule has 108 valence electrons. The number of urea groups is 1. The van der Waals surface area contributed by atoms with Crippen LogP contribution in [0.15, 0.2) is 30.5 Å². The Morgan fingerprint density at radius 3 is 2.86 bits per heavy atom. The number of anilines is 3. The number of carbonyl (C=O) groups is 1. The molecule has 0 saturated carbocycles. The molecule has 7 heteroatoms. The Morgan fingerprint density at radius 2 is 2.14 bits per heavy atom. The molecule has 0 spiro atoms. The zero-order valence-corrected chi connectivity index (χ0v) is 11.9. The van der Waals surface area contributed by atoms with E-state index in [4.69, 9.17) is 17.3 Å². The highest BCUT2D eigenvalue weighted by atomic mass is 35.5. The molecule has 2 heterocycles. The summed E-state index contributed by atoms with van der Waals surface area (Å²) < 4.78 is 13.3. The summed E-state index contributed by atoms with van der Waals surface area (Å²) in [6.07, 6.45) is 1.63. The van der Waals surface area contributed by atoms with Gasteiger partial charge in [-0.15, -0.1) is 0 Å². The van der Waals surface area contributed by atoms with Crippen LogP contribution in [0.4, 0.5) is 26.2 Å². The Bertz CT molecular complexity index is 737. The van der Waals surface area contributed by atoms with Gasteiger partial charge in [-0.2, -0.15) is 0 Å². The molecule has 2 aromatic rings. The largest absolute Gasteiger partial charge is 0.396 e. The summed E-state index contributed by atoms with van der Waals surface area (Å²) >= 11 is 5.86. The maximum atomic E-state index is 13.3. The second kappa shape index (κ2) is 4.89. The molecule has 0 unspecified atom stereocenters. The van der Waals surface area contributed by atoms with Crippen LogP contribution < -0.4 is 15.5 Å². The second-order valence-corrected chi connectivity index (χ2v) is 5.16. The maximum absolute atomic E-state index is 13.3. The monoisotopic (exact) mass is 306 g/mol. The molecule has 0 fully saturated rings. The number of nitrogens with two attached hydrogens (primary N) is 1. The number of halogens is 2. The molecule has 0 radical (unpaired) electrons. The van der Waals surface area contributed by atoms with Crippen LogP contribution in [0.3, 0.4) is 0 Å². The van der Waals surface area contributed by atoms with Gasteiger partial charge in [0, 0.05) is 24.5 Å². The van der Waals surface area contributed by atoms with E-state index in [0.717, 1.165) is 5.56 Å². The number of nitrogens with zero attached hydrogens (tertiary/aromatic N) is 3. The van der Waals surface area contributed by atoms with Crippen molar-refractivity contribution in [3.8, 4) is 0 Å². The standard InChI is InChI=1S/C14H12ClFN4O/c1-19-12-5-13(15)18-6-8(12)7-20(14(19)21)9-2-3-10(16)11(17)4-9/h2-6H,7,17H2,1H3. The van der Waals surface area contributed by atoms with Gasteiger partial charge in [0.1, 0.15) is 11.0 Å². The lowest BCUT2D eigenvalue weighted by Gasteiger charge is -2.34. The molecule has 21 heavy (non-hydrogen) atoms. The van der Waals surface area contributed by atoms with Gasteiger partial charge in [-0.05, 0) is 24.3 Å². The number of pyridine rings is 1. The molecule has 5 nitrogen and oxygen atoms in total. The maximum Gasteiger partial charge on any atom is 0.329 e. The molecular weight excluding hydrogens is 295 g/mol. The Balaban J connectivity index is 2.04. The van der Waals surface area contributed by atoms with Gasteiger partial charge in [0.25, 0.3) is 0 Å². The Kier molecular flexibility index (Phi) is 3.17. The van der Waals surface area contributed by atoms with E-state index in [-0.39, 0.29) is 11.7 Å². The molecule has 1 aliphatic heterocycles. The van der Waals surface area contributed by atoms with E-state index in [1.807, 2.05) is 0 Å². The van der Waals surface area contributed by atoms with E-state index in [0.29, 0.717) is 23.1 Å².